The first-order valence-electron chi connectivity index (χ1n) is 25.4. The summed E-state index contributed by atoms with van der Waals surface area (Å²) in [5.74, 6) is 0.0532. The van der Waals surface area contributed by atoms with Crippen LogP contribution in [0.5, 0.6) is 0 Å². The lowest BCUT2D eigenvalue weighted by Gasteiger charge is -2.55. The quantitative estimate of drug-likeness (QED) is 0.0873. The van der Waals surface area contributed by atoms with Gasteiger partial charge in [-0.05, 0) is 137 Å². The summed E-state index contributed by atoms with van der Waals surface area (Å²) in [6, 6.07) is 0. The number of ether oxygens (including phenoxy) is 7. The summed E-state index contributed by atoms with van der Waals surface area (Å²) in [5.41, 5.74) is 0.834. The molecule has 3 aliphatic heterocycles. The van der Waals surface area contributed by atoms with Gasteiger partial charge >= 0.3 is 48.0 Å². The molecule has 3 heterocycles. The van der Waals surface area contributed by atoms with Crippen molar-refractivity contribution in [2.24, 2.45) is 47.3 Å². The Morgan fingerprint density at radius 1 is 0.613 bits per heavy atom. The van der Waals surface area contributed by atoms with E-state index in [4.69, 9.17) is 32.6 Å². The van der Waals surface area contributed by atoms with Gasteiger partial charge < -0.3 is 33.2 Å². The Labute approximate surface area is 436 Å². The molecule has 0 spiro atoms. The highest BCUT2D eigenvalue weighted by molar-refractivity contribution is 7.87. The number of carbonyl (C=O) groups excluding carboxylic acids is 7. The number of esters is 7. The molecule has 8 saturated carbocycles. The van der Waals surface area contributed by atoms with Gasteiger partial charge in [0.25, 0.3) is 10.1 Å². The molecule has 0 amide bonds. The zero-order chi connectivity index (χ0) is 56.0. The molecule has 11 fully saturated rings. The molecule has 21 heteroatoms. The van der Waals surface area contributed by atoms with Crippen molar-refractivity contribution in [3.8, 4) is 0 Å². The topological polar surface area (TPSA) is 227 Å². The third kappa shape index (κ3) is 13.6. The van der Waals surface area contributed by atoms with Crippen molar-refractivity contribution < 1.29 is 92.5 Å². The summed E-state index contributed by atoms with van der Waals surface area (Å²) in [6.07, 6.45) is 2.27. The van der Waals surface area contributed by atoms with Crippen LogP contribution in [0.25, 0.3) is 0 Å². The fraction of sp³-hybridized carbons (Fsp3) is 0.685. The molecule has 8 bridgehead atoms. The maximum absolute atomic E-state index is 11.8. The van der Waals surface area contributed by atoms with E-state index in [9.17, 15) is 55.2 Å². The van der Waals surface area contributed by atoms with Crippen LogP contribution < -0.4 is 0 Å². The molecule has 12 atom stereocenters. The van der Waals surface area contributed by atoms with Crippen molar-refractivity contribution in [3.05, 3.63) is 60.8 Å². The first-order valence-corrected chi connectivity index (χ1v) is 26.8. The van der Waals surface area contributed by atoms with E-state index in [0.717, 1.165) is 63.2 Å². The molecule has 0 aromatic carbocycles. The monoisotopic (exact) mass is 1080 g/mol. The average molecular weight is 1080 g/mol. The summed E-state index contributed by atoms with van der Waals surface area (Å²) in [6.45, 7) is 29.4. The second-order valence-electron chi connectivity index (χ2n) is 22.9. The van der Waals surface area contributed by atoms with Gasteiger partial charge in [-0.25, -0.2) is 28.8 Å². The Kier molecular flexibility index (Phi) is 17.6. The number of hydrogen-bond acceptors (Lipinski definition) is 17. The van der Waals surface area contributed by atoms with Crippen molar-refractivity contribution in [1.29, 1.82) is 0 Å². The zero-order valence-electron chi connectivity index (χ0n) is 44.0. The third-order valence-corrected chi connectivity index (χ3v) is 17.4. The Morgan fingerprint density at radius 2 is 1.07 bits per heavy atom. The highest BCUT2D eigenvalue weighted by Crippen LogP contribution is 2.58. The molecule has 11 aliphatic rings. The number of rotatable bonds is 10. The molecule has 12 unspecified atom stereocenters. The molecule has 3 saturated heterocycles. The smallest absolute Gasteiger partial charge is 0.425 e. The number of alkyl halides is 3. The largest absolute Gasteiger partial charge is 0.458 e. The van der Waals surface area contributed by atoms with Gasteiger partial charge in [0, 0.05) is 58.0 Å². The van der Waals surface area contributed by atoms with E-state index >= 15 is 0 Å². The van der Waals surface area contributed by atoms with Crippen LogP contribution >= 0.6 is 0 Å². The molecule has 75 heavy (non-hydrogen) atoms. The van der Waals surface area contributed by atoms with Crippen LogP contribution in [0.4, 0.5) is 13.2 Å². The highest BCUT2D eigenvalue weighted by Gasteiger charge is 2.66. The van der Waals surface area contributed by atoms with Crippen LogP contribution in [-0.4, -0.2) is 109 Å². The van der Waals surface area contributed by atoms with Crippen LogP contribution in [0.2, 0.25) is 0 Å². The highest BCUT2D eigenvalue weighted by atomic mass is 32.2. The maximum Gasteiger partial charge on any atom is 0.425 e. The minimum absolute atomic E-state index is 0.00733. The van der Waals surface area contributed by atoms with E-state index < -0.39 is 70.2 Å². The van der Waals surface area contributed by atoms with E-state index in [1.807, 2.05) is 0 Å². The van der Waals surface area contributed by atoms with Crippen molar-refractivity contribution >= 4 is 51.9 Å². The lowest BCUT2D eigenvalue weighted by atomic mass is 9.54. The first kappa shape index (κ1) is 58.9. The van der Waals surface area contributed by atoms with Gasteiger partial charge in [0.05, 0.1) is 11.2 Å². The van der Waals surface area contributed by atoms with Gasteiger partial charge in [0.15, 0.2) is 6.10 Å². The van der Waals surface area contributed by atoms with E-state index in [1.165, 1.54) is 33.1 Å². The minimum atomic E-state index is -4.51. The second-order valence-corrected chi connectivity index (χ2v) is 24.7. The standard InChI is InChI=1S/C14H20O2.C12H14O4.C11H14O5S.C10H14O4.C7H9F3O2/c1-9(2)13(15)16-14-6-10-3-11(7-14)5-12(4-10)8-14;1-5(2)11(13)15-9-6-3-7-8(4-6)12(14)16-10(7)9;1-5(2)11(12)15-9-6-3-7-8(4-6)17(13,14)16-10(7)9;1-6(2)8(11)13-7-5-10(3,4)14-9(7)12;1-4(2)6(11)12-5(3)7(8,9)10/h10-12H,1,3-8H2,2H3;6-10H,1,3-4H2,2H3;6-10H,1,3-4H2,2H3;7H,1,5H2,2-4H3;5H,1H2,2-3H3. The van der Waals surface area contributed by atoms with E-state index in [0.29, 0.717) is 35.5 Å². The van der Waals surface area contributed by atoms with E-state index in [1.54, 1.807) is 34.6 Å². The fourth-order valence-electron chi connectivity index (χ4n) is 12.6. The van der Waals surface area contributed by atoms with Crippen LogP contribution in [0.1, 0.15) is 126 Å². The second kappa shape index (κ2) is 22.3. The fourth-order valence-corrected chi connectivity index (χ4v) is 14.4. The van der Waals surface area contributed by atoms with E-state index in [-0.39, 0.29) is 75.8 Å². The SMILES string of the molecule is C=C(C)C(=O)OC(C)C(F)(F)F.C=C(C)C(=O)OC12CC3CC(CC(C3)C1)C2.C=C(C)C(=O)OC1C2CC3C(=O)OC1C3C2.C=C(C)C(=O)OC1C2CC3C1OS(=O)(=O)C3C2.C=C(C)C(=O)OC1CC(C)(C)OC1=O. The van der Waals surface area contributed by atoms with Crippen LogP contribution in [0.3, 0.4) is 0 Å². The molecule has 0 N–H and O–H groups in total. The first-order chi connectivity index (χ1) is 34.6. The molecule has 416 valence electrons. The van der Waals surface area contributed by atoms with E-state index in [2.05, 4.69) is 37.6 Å². The van der Waals surface area contributed by atoms with Crippen LogP contribution in [0, 0.1) is 47.3 Å². The van der Waals surface area contributed by atoms with Crippen LogP contribution in [-0.2, 0) is 81.0 Å². The van der Waals surface area contributed by atoms with Gasteiger partial charge in [-0.1, -0.05) is 32.9 Å². The van der Waals surface area contributed by atoms with Crippen LogP contribution in [0.15, 0.2) is 60.8 Å². The minimum Gasteiger partial charge on any atom is -0.458 e. The molecule has 0 aromatic heterocycles. The maximum atomic E-state index is 11.8. The number of halogens is 3. The summed E-state index contributed by atoms with van der Waals surface area (Å²) >= 11 is 0. The molecular weight excluding hydrogens is 1010 g/mol. The predicted molar refractivity (Wildman–Crippen MR) is 260 cm³/mol. The summed E-state index contributed by atoms with van der Waals surface area (Å²) in [4.78, 5) is 79.1. The Balaban J connectivity index is 0.000000153. The summed E-state index contributed by atoms with van der Waals surface area (Å²) in [5, 5.41) is -0.378. The zero-order valence-corrected chi connectivity index (χ0v) is 44.8. The number of carbonyl (C=O) groups is 7. The molecule has 8 aliphatic carbocycles. The Bertz CT molecular complexity index is 2460. The summed E-state index contributed by atoms with van der Waals surface area (Å²) < 4.78 is 99.4. The molecule has 0 aromatic rings. The molecular formula is C54H71F3O17S. The number of cyclic esters (lactones) is 1. The lowest BCUT2D eigenvalue weighted by molar-refractivity contribution is -0.213. The van der Waals surface area contributed by atoms with Gasteiger partial charge in [-0.3, -0.25) is 8.98 Å². The number of hydrogen-bond donors (Lipinski definition) is 0. The normalized spacial score (nSPS) is 35.6. The summed E-state index contributed by atoms with van der Waals surface area (Å²) in [7, 11) is -3.43. The van der Waals surface area contributed by atoms with Crippen molar-refractivity contribution in [2.75, 3.05) is 0 Å². The molecule has 17 nitrogen and oxygen atoms in total. The molecule has 0 radical (unpaired) electrons. The Hall–Kier alpha value is -5.31. The van der Waals surface area contributed by atoms with Gasteiger partial charge in [0.2, 0.25) is 6.10 Å². The van der Waals surface area contributed by atoms with Crippen molar-refractivity contribution in [1.82, 2.24) is 0 Å². The van der Waals surface area contributed by atoms with Gasteiger partial charge in [0.1, 0.15) is 35.6 Å². The predicted octanol–water partition coefficient (Wildman–Crippen LogP) is 8.00. The van der Waals surface area contributed by atoms with Crippen molar-refractivity contribution in [3.63, 3.8) is 0 Å². The average Bonchev–Trinajstić information content (AvgIpc) is 4.14. The lowest BCUT2D eigenvalue weighted by Crippen LogP contribution is -2.52. The number of fused-ring (bicyclic) bond motifs is 2. The van der Waals surface area contributed by atoms with Crippen molar-refractivity contribution in [2.45, 2.75) is 185 Å². The van der Waals surface area contributed by atoms with Gasteiger partial charge in [-0.15, -0.1) is 0 Å². The molecule has 11 rings (SSSR count). The third-order valence-electron chi connectivity index (χ3n) is 15.7. The van der Waals surface area contributed by atoms with Gasteiger partial charge in [-0.2, -0.15) is 21.6 Å². The Morgan fingerprint density at radius 3 is 1.52 bits per heavy atom.